The molecule has 2 rings (SSSR count). The average molecular weight is 291 g/mol. The normalized spacial score (nSPS) is 19.0. The number of nitrogen functional groups attached to an aromatic ring is 1. The molecule has 0 spiro atoms. The van der Waals surface area contributed by atoms with E-state index >= 15 is 0 Å². The summed E-state index contributed by atoms with van der Waals surface area (Å²) in [6, 6.07) is 5.27. The smallest absolute Gasteiger partial charge is 0.238 e. The fraction of sp³-hybridized carbons (Fsp3) is 0.562. The lowest BCUT2D eigenvalue weighted by molar-refractivity contribution is -0.117. The number of rotatable bonds is 5. The molecular formula is C16H25N3O2. The van der Waals surface area contributed by atoms with Crippen LogP contribution in [0.4, 0.5) is 11.4 Å². The molecule has 1 aromatic rings. The number of amides is 1. The van der Waals surface area contributed by atoms with Gasteiger partial charge in [0.15, 0.2) is 0 Å². The topological polar surface area (TPSA) is 67.6 Å². The molecule has 1 aliphatic rings. The van der Waals surface area contributed by atoms with Gasteiger partial charge in [-0.15, -0.1) is 0 Å². The first-order valence-corrected chi connectivity index (χ1v) is 7.45. The van der Waals surface area contributed by atoms with Crippen molar-refractivity contribution in [3.8, 4) is 5.75 Å². The number of benzene rings is 1. The van der Waals surface area contributed by atoms with Crippen molar-refractivity contribution in [1.29, 1.82) is 0 Å². The molecule has 1 aliphatic heterocycles. The van der Waals surface area contributed by atoms with Crippen LogP contribution in [0.2, 0.25) is 0 Å². The lowest BCUT2D eigenvalue weighted by atomic mass is 9.95. The SMILES string of the molecule is COc1ccc(NC(=O)CN2CCC(C(C)C)C2)c(N)c1. The average Bonchev–Trinajstić information content (AvgIpc) is 2.89. The van der Waals surface area contributed by atoms with Crippen LogP contribution in [-0.2, 0) is 4.79 Å². The third kappa shape index (κ3) is 4.11. The van der Waals surface area contributed by atoms with E-state index < -0.39 is 0 Å². The van der Waals surface area contributed by atoms with Crippen LogP contribution >= 0.6 is 0 Å². The number of hydrogen-bond donors (Lipinski definition) is 2. The van der Waals surface area contributed by atoms with E-state index in [0.29, 0.717) is 35.5 Å². The molecular weight excluding hydrogens is 266 g/mol. The summed E-state index contributed by atoms with van der Waals surface area (Å²) in [5.41, 5.74) is 7.06. The lowest BCUT2D eigenvalue weighted by Crippen LogP contribution is -2.32. The zero-order valence-corrected chi connectivity index (χ0v) is 13.1. The number of nitrogens with zero attached hydrogens (tertiary/aromatic N) is 1. The molecule has 1 heterocycles. The first-order chi connectivity index (χ1) is 9.99. The van der Waals surface area contributed by atoms with E-state index in [-0.39, 0.29) is 5.91 Å². The number of nitrogens with two attached hydrogens (primary N) is 1. The molecule has 1 unspecified atom stereocenters. The van der Waals surface area contributed by atoms with Crippen LogP contribution in [0.25, 0.3) is 0 Å². The molecule has 0 saturated carbocycles. The standard InChI is InChI=1S/C16H25N3O2/c1-11(2)12-6-7-19(9-12)10-16(20)18-15-5-4-13(21-3)8-14(15)17/h4-5,8,11-12H,6-7,9-10,17H2,1-3H3,(H,18,20). The Bertz CT molecular complexity index is 502. The zero-order valence-electron chi connectivity index (χ0n) is 13.1. The number of ether oxygens (including phenoxy) is 1. The first kappa shape index (κ1) is 15.6. The van der Waals surface area contributed by atoms with Gasteiger partial charge in [0.1, 0.15) is 5.75 Å². The maximum atomic E-state index is 12.1. The van der Waals surface area contributed by atoms with Gasteiger partial charge in [0.2, 0.25) is 5.91 Å². The number of nitrogens with one attached hydrogen (secondary N) is 1. The van der Waals surface area contributed by atoms with Gasteiger partial charge in [-0.1, -0.05) is 13.8 Å². The second-order valence-electron chi connectivity index (χ2n) is 6.03. The number of carbonyl (C=O) groups excluding carboxylic acids is 1. The highest BCUT2D eigenvalue weighted by Crippen LogP contribution is 2.25. The first-order valence-electron chi connectivity index (χ1n) is 7.45. The Kier molecular flexibility index (Phi) is 5.07. The summed E-state index contributed by atoms with van der Waals surface area (Å²) in [6.45, 7) is 6.91. The van der Waals surface area contributed by atoms with E-state index in [9.17, 15) is 4.79 Å². The van der Waals surface area contributed by atoms with E-state index in [0.717, 1.165) is 13.1 Å². The molecule has 0 radical (unpaired) electrons. The Hall–Kier alpha value is -1.75. The highest BCUT2D eigenvalue weighted by atomic mass is 16.5. The summed E-state index contributed by atoms with van der Waals surface area (Å²) in [5, 5.41) is 2.87. The Balaban J connectivity index is 1.88. The summed E-state index contributed by atoms with van der Waals surface area (Å²) in [7, 11) is 1.59. The van der Waals surface area contributed by atoms with Crippen molar-refractivity contribution in [2.45, 2.75) is 20.3 Å². The monoisotopic (exact) mass is 291 g/mol. The van der Waals surface area contributed by atoms with E-state index in [1.54, 1.807) is 25.3 Å². The highest BCUT2D eigenvalue weighted by Gasteiger charge is 2.26. The maximum Gasteiger partial charge on any atom is 0.238 e. The van der Waals surface area contributed by atoms with Crippen LogP contribution < -0.4 is 15.8 Å². The summed E-state index contributed by atoms with van der Waals surface area (Å²) in [4.78, 5) is 14.3. The van der Waals surface area contributed by atoms with Crippen LogP contribution in [0.5, 0.6) is 5.75 Å². The van der Waals surface area contributed by atoms with Crippen molar-refractivity contribution in [3.05, 3.63) is 18.2 Å². The zero-order chi connectivity index (χ0) is 15.4. The molecule has 1 aromatic carbocycles. The summed E-state index contributed by atoms with van der Waals surface area (Å²) in [6.07, 6.45) is 1.18. The van der Waals surface area contributed by atoms with Crippen LogP contribution in [-0.4, -0.2) is 37.6 Å². The van der Waals surface area contributed by atoms with Crippen molar-refractivity contribution in [1.82, 2.24) is 4.90 Å². The molecule has 0 aromatic heterocycles. The second-order valence-corrected chi connectivity index (χ2v) is 6.03. The van der Waals surface area contributed by atoms with Gasteiger partial charge in [-0.2, -0.15) is 0 Å². The molecule has 1 fully saturated rings. The number of hydrogen-bond acceptors (Lipinski definition) is 4. The van der Waals surface area contributed by atoms with Gasteiger partial charge in [0.05, 0.1) is 25.0 Å². The summed E-state index contributed by atoms with van der Waals surface area (Å²) >= 11 is 0. The molecule has 5 nitrogen and oxygen atoms in total. The predicted octanol–water partition coefficient (Wildman–Crippen LogP) is 2.19. The number of likely N-dealkylation sites (tertiary alicyclic amines) is 1. The van der Waals surface area contributed by atoms with Crippen LogP contribution in [0.3, 0.4) is 0 Å². The third-order valence-electron chi connectivity index (χ3n) is 4.15. The molecule has 1 atom stereocenters. The minimum atomic E-state index is -0.0173. The predicted molar refractivity (Wildman–Crippen MR) is 85.4 cm³/mol. The summed E-state index contributed by atoms with van der Waals surface area (Å²) in [5.74, 6) is 2.04. The van der Waals surface area contributed by atoms with E-state index in [1.807, 2.05) is 0 Å². The fourth-order valence-electron chi connectivity index (χ4n) is 2.72. The van der Waals surface area contributed by atoms with E-state index in [2.05, 4.69) is 24.1 Å². The lowest BCUT2D eigenvalue weighted by Gasteiger charge is -2.18. The van der Waals surface area contributed by atoms with Gasteiger partial charge in [0, 0.05) is 12.6 Å². The molecule has 5 heteroatoms. The van der Waals surface area contributed by atoms with Gasteiger partial charge in [-0.3, -0.25) is 9.69 Å². The van der Waals surface area contributed by atoms with Gasteiger partial charge in [-0.05, 0) is 36.9 Å². The van der Waals surface area contributed by atoms with Gasteiger partial charge in [0.25, 0.3) is 0 Å². The number of anilines is 2. The Morgan fingerprint density at radius 1 is 1.52 bits per heavy atom. The van der Waals surface area contributed by atoms with Crippen molar-refractivity contribution >= 4 is 17.3 Å². The Morgan fingerprint density at radius 2 is 2.29 bits per heavy atom. The van der Waals surface area contributed by atoms with E-state index in [1.165, 1.54) is 6.42 Å². The molecule has 0 bridgehead atoms. The molecule has 3 N–H and O–H groups in total. The van der Waals surface area contributed by atoms with Crippen molar-refractivity contribution in [2.24, 2.45) is 11.8 Å². The maximum absolute atomic E-state index is 12.1. The van der Waals surface area contributed by atoms with Crippen LogP contribution in [0.1, 0.15) is 20.3 Å². The molecule has 1 saturated heterocycles. The minimum Gasteiger partial charge on any atom is -0.497 e. The number of carbonyl (C=O) groups is 1. The highest BCUT2D eigenvalue weighted by molar-refractivity contribution is 5.95. The summed E-state index contributed by atoms with van der Waals surface area (Å²) < 4.78 is 5.10. The minimum absolute atomic E-state index is 0.0173. The van der Waals surface area contributed by atoms with Crippen LogP contribution in [0, 0.1) is 11.8 Å². The quantitative estimate of drug-likeness (QED) is 0.816. The van der Waals surface area contributed by atoms with E-state index in [4.69, 9.17) is 10.5 Å². The largest absolute Gasteiger partial charge is 0.497 e. The van der Waals surface area contributed by atoms with Crippen LogP contribution in [0.15, 0.2) is 18.2 Å². The third-order valence-corrected chi connectivity index (χ3v) is 4.15. The van der Waals surface area contributed by atoms with Gasteiger partial charge >= 0.3 is 0 Å². The van der Waals surface area contributed by atoms with Crippen molar-refractivity contribution in [2.75, 3.05) is 37.8 Å². The Morgan fingerprint density at radius 3 is 2.86 bits per heavy atom. The molecule has 21 heavy (non-hydrogen) atoms. The fourth-order valence-corrected chi connectivity index (χ4v) is 2.72. The number of methoxy groups -OCH3 is 1. The van der Waals surface area contributed by atoms with Crippen molar-refractivity contribution < 1.29 is 9.53 Å². The van der Waals surface area contributed by atoms with Crippen molar-refractivity contribution in [3.63, 3.8) is 0 Å². The second kappa shape index (κ2) is 6.80. The van der Waals surface area contributed by atoms with Gasteiger partial charge < -0.3 is 15.8 Å². The molecule has 116 valence electrons. The molecule has 0 aliphatic carbocycles. The molecule has 1 amide bonds. The van der Waals surface area contributed by atoms with Gasteiger partial charge in [-0.25, -0.2) is 0 Å². The Labute approximate surface area is 126 Å².